The lowest BCUT2D eigenvalue weighted by Crippen LogP contribution is -2.41. The minimum absolute atomic E-state index is 0.664. The van der Waals surface area contributed by atoms with Crippen LogP contribution >= 0.6 is 0 Å². The van der Waals surface area contributed by atoms with E-state index < -0.39 is 7.25 Å². The van der Waals surface area contributed by atoms with Crippen molar-refractivity contribution in [1.29, 1.82) is 0 Å². The summed E-state index contributed by atoms with van der Waals surface area (Å²) in [6.07, 6.45) is 3.62. The Morgan fingerprint density at radius 1 is 1.19 bits per heavy atom. The highest BCUT2D eigenvalue weighted by Crippen LogP contribution is 2.06. The van der Waals surface area contributed by atoms with Crippen LogP contribution in [0.25, 0.3) is 0 Å². The number of halogens is 4. The molecule has 8 heteroatoms. The van der Waals surface area contributed by atoms with Crippen molar-refractivity contribution >= 4 is 7.25 Å². The average molecular weight is 241 g/mol. The molecule has 1 aromatic rings. The predicted molar refractivity (Wildman–Crippen MR) is 50.5 cm³/mol. The molecule has 0 aliphatic heterocycles. The lowest BCUT2D eigenvalue weighted by molar-refractivity contribution is -0.891. The van der Waals surface area contributed by atoms with Gasteiger partial charge in [-0.1, -0.05) is 0 Å². The molecule has 92 valence electrons. The van der Waals surface area contributed by atoms with Crippen LogP contribution in [0.5, 0.6) is 5.75 Å². The molecule has 0 aromatic carbocycles. The second kappa shape index (κ2) is 6.92. The van der Waals surface area contributed by atoms with E-state index >= 15 is 0 Å². The van der Waals surface area contributed by atoms with Gasteiger partial charge in [0.15, 0.2) is 6.61 Å². The van der Waals surface area contributed by atoms with Gasteiger partial charge in [0.25, 0.3) is 0 Å². The summed E-state index contributed by atoms with van der Waals surface area (Å²) < 4.78 is 45.6. The van der Waals surface area contributed by atoms with Crippen LogP contribution in [-0.2, 0) is 0 Å². The molecule has 0 unspecified atom stereocenters. The van der Waals surface area contributed by atoms with E-state index in [0.717, 1.165) is 5.75 Å². The van der Waals surface area contributed by atoms with Crippen LogP contribution in [0.1, 0.15) is 6.92 Å². The quantitative estimate of drug-likeness (QED) is 0.456. The molecule has 0 bridgehead atoms. The van der Waals surface area contributed by atoms with Crippen LogP contribution in [0.3, 0.4) is 0 Å². The van der Waals surface area contributed by atoms with Crippen LogP contribution in [0, 0.1) is 0 Å². The highest BCUT2D eigenvalue weighted by atomic mass is 19.5. The second-order valence-corrected chi connectivity index (χ2v) is 2.51. The summed E-state index contributed by atoms with van der Waals surface area (Å²) >= 11 is 0. The van der Waals surface area contributed by atoms with E-state index in [1.165, 1.54) is 0 Å². The summed E-state index contributed by atoms with van der Waals surface area (Å²) in [6.45, 7) is 2.61. The molecule has 0 amide bonds. The fourth-order valence-electron chi connectivity index (χ4n) is 0.770. The van der Waals surface area contributed by atoms with Crippen molar-refractivity contribution in [2.45, 2.75) is 6.92 Å². The summed E-state index contributed by atoms with van der Waals surface area (Å²) in [5.74, 6) is 0.834. The van der Waals surface area contributed by atoms with Crippen molar-refractivity contribution in [3.63, 3.8) is 0 Å². The maximum Gasteiger partial charge on any atom is 0.673 e. The van der Waals surface area contributed by atoms with Crippen molar-refractivity contribution < 1.29 is 31.6 Å². The zero-order chi connectivity index (χ0) is 12.6. The van der Waals surface area contributed by atoms with E-state index in [2.05, 4.69) is 0 Å². The molecule has 1 heterocycles. The smallest absolute Gasteiger partial charge is 0.496 e. The van der Waals surface area contributed by atoms with Crippen LogP contribution in [0.2, 0.25) is 0 Å². The van der Waals surface area contributed by atoms with Crippen molar-refractivity contribution in [2.24, 2.45) is 0 Å². The third-order valence-electron chi connectivity index (χ3n) is 1.29. The number of pyridine rings is 1. The monoisotopic (exact) mass is 241 g/mol. The fraction of sp³-hybridized carbons (Fsp3) is 0.375. The van der Waals surface area contributed by atoms with E-state index in [4.69, 9.17) is 9.57 Å². The topological polar surface area (TPSA) is 22.3 Å². The molecule has 0 spiro atoms. The average Bonchev–Trinajstić information content (AvgIpc) is 2.17. The summed E-state index contributed by atoms with van der Waals surface area (Å²) in [6, 6.07) is 3.69. The second-order valence-electron chi connectivity index (χ2n) is 2.51. The number of hydrogen-bond donors (Lipinski definition) is 0. The van der Waals surface area contributed by atoms with Gasteiger partial charge in [-0.25, -0.2) is 0 Å². The van der Waals surface area contributed by atoms with Gasteiger partial charge in [0.1, 0.15) is 5.75 Å². The maximum atomic E-state index is 9.75. The first kappa shape index (κ1) is 14.5. The van der Waals surface area contributed by atoms with Crippen LogP contribution in [-0.4, -0.2) is 21.0 Å². The fourth-order valence-corrected chi connectivity index (χ4v) is 0.770. The van der Waals surface area contributed by atoms with E-state index in [0.29, 0.717) is 6.61 Å². The summed E-state index contributed by atoms with van der Waals surface area (Å²) in [5.41, 5.74) is 0. The molecule has 0 aliphatic rings. The molecule has 0 saturated heterocycles. The number of hydrogen-bond acceptors (Lipinski definition) is 2. The Morgan fingerprint density at radius 3 is 1.94 bits per heavy atom. The van der Waals surface area contributed by atoms with Gasteiger partial charge in [0.05, 0.1) is 7.11 Å². The number of aromatic nitrogens is 1. The molecule has 0 fully saturated rings. The van der Waals surface area contributed by atoms with Gasteiger partial charge in [0.2, 0.25) is 12.4 Å². The number of nitrogens with zero attached hydrogens (tertiary/aromatic N) is 1. The molecule has 16 heavy (non-hydrogen) atoms. The Kier molecular flexibility index (Phi) is 6.28. The standard InChI is InChI=1S/C8H12NO2.BF4/c1-3-11-9-6-4-8(10-2)5-7-9;2-1(3,4)5/h4-7H,3H2,1-2H3;/q+1;-1. The highest BCUT2D eigenvalue weighted by Gasteiger charge is 2.20. The zero-order valence-corrected chi connectivity index (χ0v) is 8.87. The maximum absolute atomic E-state index is 9.75. The normalized spacial score (nSPS) is 10.1. The summed E-state index contributed by atoms with van der Waals surface area (Å²) in [5, 5.41) is 0. The van der Waals surface area contributed by atoms with Crippen LogP contribution in [0.4, 0.5) is 17.3 Å². The van der Waals surface area contributed by atoms with E-state index in [-0.39, 0.29) is 0 Å². The SMILES string of the molecule is CCO[n+]1ccc(OC)cc1.F[B-](F)(F)F. The van der Waals surface area contributed by atoms with Gasteiger partial charge in [-0.05, 0) is 6.92 Å². The van der Waals surface area contributed by atoms with Gasteiger partial charge in [0, 0.05) is 16.9 Å². The Labute approximate surface area is 90.7 Å². The van der Waals surface area contributed by atoms with Crippen molar-refractivity contribution in [1.82, 2.24) is 0 Å². The minimum Gasteiger partial charge on any atom is -0.496 e. The highest BCUT2D eigenvalue weighted by molar-refractivity contribution is 6.50. The molecular formula is C8H12BF4NO2. The Bertz CT molecular complexity index is 285. The first-order chi connectivity index (χ1) is 7.36. The van der Waals surface area contributed by atoms with Crippen LogP contribution < -0.4 is 14.3 Å². The Hall–Kier alpha value is -1.47. The van der Waals surface area contributed by atoms with Crippen molar-refractivity contribution in [3.8, 4) is 5.75 Å². The summed E-state index contributed by atoms with van der Waals surface area (Å²) in [7, 11) is -4.36. The Balaban J connectivity index is 0.000000385. The van der Waals surface area contributed by atoms with E-state index in [1.54, 1.807) is 11.8 Å². The Morgan fingerprint density at radius 2 is 1.62 bits per heavy atom. The van der Waals surface area contributed by atoms with Crippen molar-refractivity contribution in [3.05, 3.63) is 24.5 Å². The molecule has 3 nitrogen and oxygen atoms in total. The first-order valence-corrected chi connectivity index (χ1v) is 4.42. The molecule has 0 N–H and O–H groups in total. The number of rotatable bonds is 3. The number of ether oxygens (including phenoxy) is 1. The van der Waals surface area contributed by atoms with Crippen molar-refractivity contribution in [2.75, 3.05) is 13.7 Å². The molecular weight excluding hydrogens is 229 g/mol. The molecule has 0 atom stereocenters. The molecule has 1 rings (SSSR count). The van der Waals surface area contributed by atoms with Gasteiger partial charge >= 0.3 is 7.25 Å². The van der Waals surface area contributed by atoms with E-state index in [9.17, 15) is 17.3 Å². The third kappa shape index (κ3) is 9.10. The largest absolute Gasteiger partial charge is 0.673 e. The van der Waals surface area contributed by atoms with Gasteiger partial charge in [-0.3, -0.25) is 4.84 Å². The molecule has 0 radical (unpaired) electrons. The zero-order valence-electron chi connectivity index (χ0n) is 8.87. The molecule has 1 aromatic heterocycles. The van der Waals surface area contributed by atoms with Gasteiger partial charge < -0.3 is 22.0 Å². The van der Waals surface area contributed by atoms with Crippen LogP contribution in [0.15, 0.2) is 24.5 Å². The first-order valence-electron chi connectivity index (χ1n) is 4.42. The lowest BCUT2D eigenvalue weighted by atomic mass is 10.3. The summed E-state index contributed by atoms with van der Waals surface area (Å²) in [4.78, 5) is 5.17. The lowest BCUT2D eigenvalue weighted by Gasteiger charge is -1.96. The predicted octanol–water partition coefficient (Wildman–Crippen LogP) is 1.73. The van der Waals surface area contributed by atoms with Gasteiger partial charge in [-0.15, -0.1) is 0 Å². The number of methoxy groups -OCH3 is 1. The molecule has 0 saturated carbocycles. The minimum atomic E-state index is -6.00. The molecule has 0 aliphatic carbocycles. The third-order valence-corrected chi connectivity index (χ3v) is 1.29. The van der Waals surface area contributed by atoms with E-state index in [1.807, 2.05) is 31.5 Å². The van der Waals surface area contributed by atoms with Gasteiger partial charge in [-0.2, -0.15) is 0 Å².